The molecule has 9 heteroatoms. The lowest BCUT2D eigenvalue weighted by Gasteiger charge is -2.12. The fourth-order valence-electron chi connectivity index (χ4n) is 2.46. The Bertz CT molecular complexity index is 1100. The van der Waals surface area contributed by atoms with Gasteiger partial charge in [-0.2, -0.15) is 0 Å². The molecule has 0 bridgehead atoms. The first-order chi connectivity index (χ1) is 14.5. The number of hydrogen-bond donors (Lipinski definition) is 2. The third-order valence-electron chi connectivity index (χ3n) is 3.90. The number of methoxy groups -OCH3 is 2. The van der Waals surface area contributed by atoms with Crippen molar-refractivity contribution in [3.05, 3.63) is 48.0 Å². The number of thiazole rings is 1. The predicted octanol–water partition coefficient (Wildman–Crippen LogP) is 2.53. The largest absolute Gasteiger partial charge is 0.493 e. The molecule has 1 unspecified atom stereocenters. The van der Waals surface area contributed by atoms with Gasteiger partial charge in [-0.25, -0.2) is 9.78 Å². The number of carbonyl (C=O) groups excluding carboxylic acids is 2. The Hall–Kier alpha value is -3.61. The minimum Gasteiger partial charge on any atom is -0.493 e. The minimum atomic E-state index is -1.21. The van der Waals surface area contributed by atoms with E-state index in [-0.39, 0.29) is 12.5 Å². The molecule has 3 rings (SSSR count). The molecule has 1 atom stereocenters. The van der Waals surface area contributed by atoms with Crippen LogP contribution in [0.1, 0.15) is 11.7 Å². The van der Waals surface area contributed by atoms with E-state index in [2.05, 4.69) is 26.9 Å². The number of fused-ring (bicyclic) bond motifs is 1. The van der Waals surface area contributed by atoms with Crippen LogP contribution in [0.5, 0.6) is 11.5 Å². The molecule has 2 aromatic carbocycles. The van der Waals surface area contributed by atoms with Crippen molar-refractivity contribution in [2.75, 3.05) is 26.1 Å². The van der Waals surface area contributed by atoms with E-state index in [4.69, 9.17) is 9.47 Å². The van der Waals surface area contributed by atoms with Crippen LogP contribution in [0.25, 0.3) is 10.2 Å². The molecule has 1 amide bonds. The van der Waals surface area contributed by atoms with Crippen molar-refractivity contribution in [2.45, 2.75) is 6.10 Å². The lowest BCUT2D eigenvalue weighted by molar-refractivity contribution is -0.133. The Balaban J connectivity index is 1.63. The molecule has 0 aliphatic rings. The molecule has 1 heterocycles. The summed E-state index contributed by atoms with van der Waals surface area (Å²) >= 11 is 1.37. The highest BCUT2D eigenvalue weighted by molar-refractivity contribution is 7.22. The number of nitrogens with zero attached hydrogens (tertiary/aromatic N) is 1. The average molecular weight is 426 g/mol. The number of aliphatic hydroxyl groups excluding tert-OH is 1. The maximum absolute atomic E-state index is 12.2. The smallest absolute Gasteiger partial charge is 0.384 e. The van der Waals surface area contributed by atoms with Crippen LogP contribution < -0.4 is 14.8 Å². The van der Waals surface area contributed by atoms with Gasteiger partial charge in [-0.15, -0.1) is 0 Å². The Kier molecular flexibility index (Phi) is 6.85. The number of benzene rings is 2. The summed E-state index contributed by atoms with van der Waals surface area (Å²) in [4.78, 5) is 27.6. The molecule has 0 spiro atoms. The van der Waals surface area contributed by atoms with E-state index in [9.17, 15) is 14.7 Å². The van der Waals surface area contributed by atoms with Gasteiger partial charge in [-0.3, -0.25) is 10.1 Å². The third kappa shape index (κ3) is 5.26. The first-order valence-electron chi connectivity index (χ1n) is 8.74. The topological polar surface area (TPSA) is 107 Å². The van der Waals surface area contributed by atoms with Gasteiger partial charge in [-0.05, 0) is 29.8 Å². The van der Waals surface area contributed by atoms with Crippen LogP contribution in [-0.2, 0) is 14.3 Å². The summed E-state index contributed by atoms with van der Waals surface area (Å²) in [6.45, 7) is -0.254. The summed E-state index contributed by atoms with van der Waals surface area (Å²) in [6, 6.07) is 12.2. The van der Waals surface area contributed by atoms with E-state index >= 15 is 0 Å². The fourth-order valence-corrected chi connectivity index (χ4v) is 3.34. The van der Waals surface area contributed by atoms with Crippen molar-refractivity contribution in [1.29, 1.82) is 0 Å². The second-order valence-corrected chi connectivity index (χ2v) is 6.93. The number of rotatable bonds is 6. The highest BCUT2D eigenvalue weighted by atomic mass is 32.1. The Labute approximate surface area is 176 Å². The molecular weight excluding hydrogens is 408 g/mol. The van der Waals surface area contributed by atoms with E-state index in [1.165, 1.54) is 31.6 Å². The number of carbonyl (C=O) groups is 2. The first kappa shape index (κ1) is 21.1. The average Bonchev–Trinajstić information content (AvgIpc) is 3.17. The molecule has 30 heavy (non-hydrogen) atoms. The lowest BCUT2D eigenvalue weighted by Crippen LogP contribution is -2.20. The molecule has 0 saturated heterocycles. The second-order valence-electron chi connectivity index (χ2n) is 5.90. The molecular formula is C21H18N2O6S. The zero-order valence-electron chi connectivity index (χ0n) is 16.2. The van der Waals surface area contributed by atoms with Gasteiger partial charge >= 0.3 is 5.97 Å². The van der Waals surface area contributed by atoms with Gasteiger partial charge in [0.2, 0.25) is 0 Å². The van der Waals surface area contributed by atoms with Gasteiger partial charge in [0.1, 0.15) is 6.10 Å². The summed E-state index contributed by atoms with van der Waals surface area (Å²) in [5.41, 5.74) is 1.21. The van der Waals surface area contributed by atoms with Crippen LogP contribution in [0.15, 0.2) is 42.5 Å². The number of nitrogens with one attached hydrogen (secondary N) is 1. The number of anilines is 1. The number of ether oxygens (including phenoxy) is 3. The van der Waals surface area contributed by atoms with Crippen LogP contribution in [-0.4, -0.2) is 42.8 Å². The highest BCUT2D eigenvalue weighted by Gasteiger charge is 2.13. The van der Waals surface area contributed by atoms with E-state index in [0.29, 0.717) is 22.2 Å². The number of aliphatic hydroxyl groups is 1. The summed E-state index contributed by atoms with van der Waals surface area (Å²) in [5, 5.41) is 13.3. The zero-order valence-corrected chi connectivity index (χ0v) is 17.0. The molecule has 2 N–H and O–H groups in total. The lowest BCUT2D eigenvalue weighted by atomic mass is 10.1. The van der Waals surface area contributed by atoms with Crippen molar-refractivity contribution in [3.8, 4) is 23.3 Å². The summed E-state index contributed by atoms with van der Waals surface area (Å²) in [5.74, 6) is 4.04. The second kappa shape index (κ2) is 9.73. The number of aromatic nitrogens is 1. The summed E-state index contributed by atoms with van der Waals surface area (Å²) in [7, 11) is 2.63. The molecule has 0 saturated carbocycles. The van der Waals surface area contributed by atoms with Crippen LogP contribution in [0, 0.1) is 11.8 Å². The molecule has 8 nitrogen and oxygen atoms in total. The maximum atomic E-state index is 12.2. The third-order valence-corrected chi connectivity index (χ3v) is 4.85. The monoisotopic (exact) mass is 426 g/mol. The maximum Gasteiger partial charge on any atom is 0.384 e. The van der Waals surface area contributed by atoms with Crippen molar-refractivity contribution in [2.24, 2.45) is 0 Å². The molecule has 3 aromatic rings. The van der Waals surface area contributed by atoms with Gasteiger partial charge in [0.15, 0.2) is 23.2 Å². The van der Waals surface area contributed by atoms with Crippen LogP contribution in [0.2, 0.25) is 0 Å². The standard InChI is InChI=1S/C21H18N2O6S/c1-27-17-11-13(15(24)8-10-20(26)28-2)7-9-16(17)29-12-19(25)23-21-22-14-5-3-4-6-18(14)30-21/h3-7,9,11,15,24H,12H2,1-2H3,(H,22,23,25). The van der Waals surface area contributed by atoms with Gasteiger partial charge < -0.3 is 19.3 Å². The number of esters is 1. The van der Waals surface area contributed by atoms with E-state index in [0.717, 1.165) is 10.2 Å². The Morgan fingerprint density at radius 1 is 1.20 bits per heavy atom. The summed E-state index contributed by atoms with van der Waals surface area (Å²) < 4.78 is 16.2. The normalized spacial score (nSPS) is 11.2. The molecule has 0 radical (unpaired) electrons. The predicted molar refractivity (Wildman–Crippen MR) is 111 cm³/mol. The first-order valence-corrected chi connectivity index (χ1v) is 9.55. The molecule has 154 valence electrons. The zero-order chi connectivity index (χ0) is 21.5. The van der Waals surface area contributed by atoms with Crippen LogP contribution in [0.3, 0.4) is 0 Å². The number of para-hydroxylation sites is 1. The van der Waals surface area contributed by atoms with Crippen molar-refractivity contribution >= 4 is 38.6 Å². The van der Waals surface area contributed by atoms with Gasteiger partial charge in [0.05, 0.1) is 24.4 Å². The van der Waals surface area contributed by atoms with E-state index < -0.39 is 12.1 Å². The Morgan fingerprint density at radius 2 is 2.00 bits per heavy atom. The molecule has 0 fully saturated rings. The molecule has 0 aliphatic heterocycles. The van der Waals surface area contributed by atoms with Gasteiger partial charge in [0, 0.05) is 5.92 Å². The van der Waals surface area contributed by atoms with Gasteiger partial charge in [-0.1, -0.05) is 35.5 Å². The van der Waals surface area contributed by atoms with E-state index in [1.807, 2.05) is 24.3 Å². The summed E-state index contributed by atoms with van der Waals surface area (Å²) in [6.07, 6.45) is -1.21. The Morgan fingerprint density at radius 3 is 2.73 bits per heavy atom. The van der Waals surface area contributed by atoms with Crippen molar-refractivity contribution in [1.82, 2.24) is 4.98 Å². The SMILES string of the molecule is COC(=O)C#CC(O)c1ccc(OCC(=O)Nc2nc3ccccc3s2)c(OC)c1. The number of hydrogen-bond acceptors (Lipinski definition) is 8. The molecule has 0 aliphatic carbocycles. The highest BCUT2D eigenvalue weighted by Crippen LogP contribution is 2.30. The van der Waals surface area contributed by atoms with Crippen LogP contribution in [0.4, 0.5) is 5.13 Å². The van der Waals surface area contributed by atoms with Crippen molar-refractivity contribution in [3.63, 3.8) is 0 Å². The van der Waals surface area contributed by atoms with Crippen molar-refractivity contribution < 1.29 is 28.9 Å². The van der Waals surface area contributed by atoms with E-state index in [1.54, 1.807) is 12.1 Å². The quantitative estimate of drug-likeness (QED) is 0.354. The fraction of sp³-hybridized carbons (Fsp3) is 0.190. The minimum absolute atomic E-state index is 0.254. The molecule has 1 aromatic heterocycles. The number of amides is 1. The van der Waals surface area contributed by atoms with Gasteiger partial charge in [0.25, 0.3) is 5.91 Å². The van der Waals surface area contributed by atoms with Crippen LogP contribution >= 0.6 is 11.3 Å².